The van der Waals surface area contributed by atoms with Gasteiger partial charge in [-0.1, -0.05) is 29.8 Å². The molecule has 1 amide bonds. The van der Waals surface area contributed by atoms with E-state index in [1.54, 1.807) is 32.4 Å². The molecule has 0 aliphatic heterocycles. The van der Waals surface area contributed by atoms with Crippen LogP contribution in [0.1, 0.15) is 11.1 Å². The van der Waals surface area contributed by atoms with Gasteiger partial charge in [0.1, 0.15) is 0 Å². The minimum Gasteiger partial charge on any atom is -0.493 e. The zero-order valence-electron chi connectivity index (χ0n) is 13.2. The van der Waals surface area contributed by atoms with E-state index >= 15 is 0 Å². The molecule has 0 atom stereocenters. The first-order valence-electron chi connectivity index (χ1n) is 7.01. The zero-order valence-corrected chi connectivity index (χ0v) is 14.0. The van der Waals surface area contributed by atoms with Crippen LogP contribution < -0.4 is 14.8 Å². The third-order valence-corrected chi connectivity index (χ3v) is 3.65. The van der Waals surface area contributed by atoms with E-state index in [2.05, 4.69) is 5.32 Å². The highest BCUT2D eigenvalue weighted by Gasteiger charge is 2.09. The van der Waals surface area contributed by atoms with Crippen LogP contribution in [0.4, 0.5) is 5.69 Å². The summed E-state index contributed by atoms with van der Waals surface area (Å²) in [7, 11) is 3.12. The van der Waals surface area contributed by atoms with Crippen molar-refractivity contribution in [3.05, 3.63) is 58.6 Å². The minimum absolute atomic E-state index is 0.250. The second-order valence-electron chi connectivity index (χ2n) is 4.87. The molecule has 4 nitrogen and oxygen atoms in total. The van der Waals surface area contributed by atoms with Gasteiger partial charge in [0, 0.05) is 22.9 Å². The van der Waals surface area contributed by atoms with Crippen molar-refractivity contribution in [3.8, 4) is 11.5 Å². The molecule has 0 spiro atoms. The molecule has 0 saturated carbocycles. The third kappa shape index (κ3) is 4.27. The molecule has 0 heterocycles. The summed E-state index contributed by atoms with van der Waals surface area (Å²) in [5.41, 5.74) is 2.33. The largest absolute Gasteiger partial charge is 0.493 e. The molecular formula is C18H18ClNO3. The number of hydrogen-bond donors (Lipinski definition) is 1. The average Bonchev–Trinajstić information content (AvgIpc) is 2.55. The smallest absolute Gasteiger partial charge is 0.248 e. The number of nitrogens with one attached hydrogen (secondary N) is 1. The molecule has 2 rings (SSSR count). The highest BCUT2D eigenvalue weighted by molar-refractivity contribution is 6.32. The molecule has 23 heavy (non-hydrogen) atoms. The second-order valence-corrected chi connectivity index (χ2v) is 5.27. The van der Waals surface area contributed by atoms with Crippen LogP contribution in [0.5, 0.6) is 11.5 Å². The van der Waals surface area contributed by atoms with E-state index < -0.39 is 0 Å². The average molecular weight is 332 g/mol. The number of anilines is 1. The number of methoxy groups -OCH3 is 2. The van der Waals surface area contributed by atoms with Gasteiger partial charge < -0.3 is 14.8 Å². The summed E-state index contributed by atoms with van der Waals surface area (Å²) in [5, 5.41) is 3.42. The number of halogens is 1. The molecule has 5 heteroatoms. The predicted octanol–water partition coefficient (Wildman–Crippen LogP) is 4.32. The lowest BCUT2D eigenvalue weighted by Gasteiger charge is -2.12. The van der Waals surface area contributed by atoms with Gasteiger partial charge in [-0.3, -0.25) is 4.79 Å². The maximum absolute atomic E-state index is 12.1. The molecule has 1 N–H and O–H groups in total. The molecule has 2 aromatic rings. The van der Waals surface area contributed by atoms with Crippen molar-refractivity contribution in [2.24, 2.45) is 0 Å². The SMILES string of the molecule is COc1cc(C)c(NC(=O)/C=C/c2ccccc2Cl)cc1OC. The van der Waals surface area contributed by atoms with Gasteiger partial charge in [-0.25, -0.2) is 0 Å². The van der Waals surface area contributed by atoms with Gasteiger partial charge in [0.05, 0.1) is 14.2 Å². The van der Waals surface area contributed by atoms with E-state index in [1.165, 1.54) is 6.08 Å². The maximum Gasteiger partial charge on any atom is 0.248 e. The Kier molecular flexibility index (Phi) is 5.66. The van der Waals surface area contributed by atoms with Crippen molar-refractivity contribution < 1.29 is 14.3 Å². The van der Waals surface area contributed by atoms with Gasteiger partial charge in [-0.2, -0.15) is 0 Å². The molecule has 0 radical (unpaired) electrons. The Labute approximate surface area is 140 Å². The molecule has 0 aliphatic rings. The monoisotopic (exact) mass is 331 g/mol. The summed E-state index contributed by atoms with van der Waals surface area (Å²) in [4.78, 5) is 12.1. The topological polar surface area (TPSA) is 47.6 Å². The Balaban J connectivity index is 2.16. The molecule has 2 aromatic carbocycles. The Hall–Kier alpha value is -2.46. The molecule has 0 aromatic heterocycles. The second kappa shape index (κ2) is 7.70. The fraction of sp³-hybridized carbons (Fsp3) is 0.167. The van der Waals surface area contributed by atoms with E-state index in [4.69, 9.17) is 21.1 Å². The standard InChI is InChI=1S/C18H18ClNO3/c1-12-10-16(22-2)17(23-3)11-15(12)20-18(21)9-8-13-6-4-5-7-14(13)19/h4-11H,1-3H3,(H,20,21)/b9-8+. The zero-order chi connectivity index (χ0) is 16.8. The van der Waals surface area contributed by atoms with Crippen molar-refractivity contribution in [1.29, 1.82) is 0 Å². The lowest BCUT2D eigenvalue weighted by molar-refractivity contribution is -0.111. The number of rotatable bonds is 5. The van der Waals surface area contributed by atoms with E-state index in [0.717, 1.165) is 11.1 Å². The first-order chi connectivity index (χ1) is 11.0. The quantitative estimate of drug-likeness (QED) is 0.830. The van der Waals surface area contributed by atoms with Gasteiger partial charge in [0.2, 0.25) is 5.91 Å². The highest BCUT2D eigenvalue weighted by atomic mass is 35.5. The van der Waals surface area contributed by atoms with E-state index in [-0.39, 0.29) is 5.91 Å². The first-order valence-corrected chi connectivity index (χ1v) is 7.39. The number of amides is 1. The Bertz CT molecular complexity index is 741. The lowest BCUT2D eigenvalue weighted by atomic mass is 10.1. The third-order valence-electron chi connectivity index (χ3n) is 3.31. The molecular weight excluding hydrogens is 314 g/mol. The Morgan fingerprint density at radius 3 is 2.43 bits per heavy atom. The molecule has 0 fully saturated rings. The van der Waals surface area contributed by atoms with Crippen LogP contribution in [0.3, 0.4) is 0 Å². The number of benzene rings is 2. The van der Waals surface area contributed by atoms with Crippen LogP contribution in [0, 0.1) is 6.92 Å². The van der Waals surface area contributed by atoms with Crippen molar-refractivity contribution in [2.45, 2.75) is 6.92 Å². The fourth-order valence-electron chi connectivity index (χ4n) is 2.07. The van der Waals surface area contributed by atoms with Crippen molar-refractivity contribution >= 4 is 29.3 Å². The van der Waals surface area contributed by atoms with Crippen LogP contribution in [-0.2, 0) is 4.79 Å². The number of carbonyl (C=O) groups excluding carboxylic acids is 1. The van der Waals surface area contributed by atoms with E-state index in [0.29, 0.717) is 22.2 Å². The minimum atomic E-state index is -0.250. The lowest BCUT2D eigenvalue weighted by Crippen LogP contribution is -2.09. The Morgan fingerprint density at radius 2 is 1.78 bits per heavy atom. The van der Waals surface area contributed by atoms with Crippen LogP contribution in [-0.4, -0.2) is 20.1 Å². The summed E-state index contributed by atoms with van der Waals surface area (Å²) in [6.45, 7) is 1.88. The van der Waals surface area contributed by atoms with Crippen LogP contribution >= 0.6 is 11.6 Å². The molecule has 0 aliphatic carbocycles. The van der Waals surface area contributed by atoms with Crippen molar-refractivity contribution in [2.75, 3.05) is 19.5 Å². The summed E-state index contributed by atoms with van der Waals surface area (Å²) in [6, 6.07) is 10.9. The molecule has 120 valence electrons. The summed E-state index contributed by atoms with van der Waals surface area (Å²) in [6.07, 6.45) is 3.12. The number of aryl methyl sites for hydroxylation is 1. The van der Waals surface area contributed by atoms with Crippen LogP contribution in [0.25, 0.3) is 6.08 Å². The van der Waals surface area contributed by atoms with E-state index in [9.17, 15) is 4.79 Å². The van der Waals surface area contributed by atoms with Crippen LogP contribution in [0.2, 0.25) is 5.02 Å². The van der Waals surface area contributed by atoms with Gasteiger partial charge >= 0.3 is 0 Å². The number of carbonyl (C=O) groups is 1. The van der Waals surface area contributed by atoms with Gasteiger partial charge in [-0.05, 0) is 36.3 Å². The molecule has 0 saturated heterocycles. The van der Waals surface area contributed by atoms with Crippen molar-refractivity contribution in [3.63, 3.8) is 0 Å². The fourth-order valence-corrected chi connectivity index (χ4v) is 2.26. The number of hydrogen-bond acceptors (Lipinski definition) is 3. The molecule has 0 bridgehead atoms. The van der Waals surface area contributed by atoms with Crippen LogP contribution in [0.15, 0.2) is 42.5 Å². The highest BCUT2D eigenvalue weighted by Crippen LogP contribution is 2.32. The predicted molar refractivity (Wildman–Crippen MR) is 93.4 cm³/mol. The van der Waals surface area contributed by atoms with Crippen molar-refractivity contribution in [1.82, 2.24) is 0 Å². The van der Waals surface area contributed by atoms with Gasteiger partial charge in [-0.15, -0.1) is 0 Å². The summed E-state index contributed by atoms with van der Waals surface area (Å²) in [5.74, 6) is 0.929. The van der Waals surface area contributed by atoms with E-state index in [1.807, 2.05) is 31.2 Å². The first kappa shape index (κ1) is 16.9. The molecule has 0 unspecified atom stereocenters. The number of ether oxygens (including phenoxy) is 2. The Morgan fingerprint density at radius 1 is 1.13 bits per heavy atom. The summed E-state index contributed by atoms with van der Waals surface area (Å²) < 4.78 is 10.5. The van der Waals surface area contributed by atoms with Gasteiger partial charge in [0.15, 0.2) is 11.5 Å². The van der Waals surface area contributed by atoms with Gasteiger partial charge in [0.25, 0.3) is 0 Å². The summed E-state index contributed by atoms with van der Waals surface area (Å²) >= 11 is 6.05. The maximum atomic E-state index is 12.1. The normalized spacial score (nSPS) is 10.6.